The highest BCUT2D eigenvalue weighted by Gasteiger charge is 2.33. The zero-order chi connectivity index (χ0) is 17.9. The van der Waals surface area contributed by atoms with Crippen LogP contribution in [0, 0.1) is 5.41 Å². The van der Waals surface area contributed by atoms with E-state index in [0.29, 0.717) is 25.4 Å². The van der Waals surface area contributed by atoms with Gasteiger partial charge < -0.3 is 10.5 Å². The van der Waals surface area contributed by atoms with Crippen molar-refractivity contribution in [3.05, 3.63) is 47.8 Å². The standard InChI is InChI=1S/C19H26N4O2/c1-3-25-18(24)17-15(11-22-10-9-19(2,13-20)14-22)12-23(21-17)16-7-5-4-6-8-16/h4-8,12H,3,9-11,13-14,20H2,1-2H3. The van der Waals surface area contributed by atoms with Crippen molar-refractivity contribution in [2.45, 2.75) is 26.8 Å². The lowest BCUT2D eigenvalue weighted by atomic mass is 9.90. The Morgan fingerprint density at radius 3 is 2.76 bits per heavy atom. The molecule has 1 aliphatic rings. The molecule has 1 saturated heterocycles. The average Bonchev–Trinajstić information content (AvgIpc) is 3.21. The van der Waals surface area contributed by atoms with Crippen LogP contribution in [0.2, 0.25) is 0 Å². The van der Waals surface area contributed by atoms with Gasteiger partial charge in [-0.2, -0.15) is 5.10 Å². The van der Waals surface area contributed by atoms with Crippen molar-refractivity contribution in [1.82, 2.24) is 14.7 Å². The summed E-state index contributed by atoms with van der Waals surface area (Å²) in [4.78, 5) is 14.7. The van der Waals surface area contributed by atoms with Gasteiger partial charge in [0, 0.05) is 24.8 Å². The molecule has 1 fully saturated rings. The van der Waals surface area contributed by atoms with Crippen LogP contribution in [-0.2, 0) is 11.3 Å². The van der Waals surface area contributed by atoms with Crippen molar-refractivity contribution in [1.29, 1.82) is 0 Å². The number of aromatic nitrogens is 2. The summed E-state index contributed by atoms with van der Waals surface area (Å²) in [6, 6.07) is 9.79. The van der Waals surface area contributed by atoms with Crippen LogP contribution in [0.3, 0.4) is 0 Å². The largest absolute Gasteiger partial charge is 0.461 e. The lowest BCUT2D eigenvalue weighted by Gasteiger charge is -2.22. The molecular weight excluding hydrogens is 316 g/mol. The van der Waals surface area contributed by atoms with Crippen molar-refractivity contribution < 1.29 is 9.53 Å². The van der Waals surface area contributed by atoms with Gasteiger partial charge in [0.15, 0.2) is 5.69 Å². The molecule has 0 spiro atoms. The van der Waals surface area contributed by atoms with Gasteiger partial charge in [-0.25, -0.2) is 9.48 Å². The van der Waals surface area contributed by atoms with Crippen LogP contribution in [0.15, 0.2) is 36.5 Å². The fourth-order valence-corrected chi connectivity index (χ4v) is 3.28. The summed E-state index contributed by atoms with van der Waals surface area (Å²) in [6.07, 6.45) is 3.00. The number of esters is 1. The Balaban J connectivity index is 1.86. The lowest BCUT2D eigenvalue weighted by Crippen LogP contribution is -2.31. The maximum atomic E-state index is 12.3. The molecule has 0 bridgehead atoms. The van der Waals surface area contributed by atoms with E-state index in [1.807, 2.05) is 36.5 Å². The highest BCUT2D eigenvalue weighted by molar-refractivity contribution is 5.88. The topological polar surface area (TPSA) is 73.4 Å². The van der Waals surface area contributed by atoms with E-state index in [2.05, 4.69) is 16.9 Å². The zero-order valence-electron chi connectivity index (χ0n) is 14.9. The van der Waals surface area contributed by atoms with Crippen LogP contribution in [-0.4, -0.2) is 46.9 Å². The van der Waals surface area contributed by atoms with Crippen LogP contribution < -0.4 is 5.73 Å². The summed E-state index contributed by atoms with van der Waals surface area (Å²) in [5.74, 6) is -0.368. The maximum absolute atomic E-state index is 12.3. The van der Waals surface area contributed by atoms with E-state index < -0.39 is 0 Å². The van der Waals surface area contributed by atoms with Gasteiger partial charge in [0.2, 0.25) is 0 Å². The number of rotatable bonds is 6. The smallest absolute Gasteiger partial charge is 0.359 e. The van der Waals surface area contributed by atoms with Crippen LogP contribution >= 0.6 is 0 Å². The van der Waals surface area contributed by atoms with Gasteiger partial charge in [0.05, 0.1) is 12.3 Å². The number of carbonyl (C=O) groups excluding carboxylic acids is 1. The molecule has 0 radical (unpaired) electrons. The second-order valence-corrected chi connectivity index (χ2v) is 6.98. The molecule has 6 nitrogen and oxygen atoms in total. The quantitative estimate of drug-likeness (QED) is 0.815. The molecule has 2 heterocycles. The van der Waals surface area contributed by atoms with Crippen molar-refractivity contribution >= 4 is 5.97 Å². The zero-order valence-corrected chi connectivity index (χ0v) is 14.9. The number of ether oxygens (including phenoxy) is 1. The van der Waals surface area contributed by atoms with Crippen LogP contribution in [0.1, 0.15) is 36.3 Å². The number of hydrogen-bond acceptors (Lipinski definition) is 5. The fourth-order valence-electron chi connectivity index (χ4n) is 3.28. The molecule has 0 aliphatic carbocycles. The summed E-state index contributed by atoms with van der Waals surface area (Å²) in [6.45, 7) is 7.62. The number of benzene rings is 1. The first-order valence-corrected chi connectivity index (χ1v) is 8.78. The fraction of sp³-hybridized carbons (Fsp3) is 0.474. The summed E-state index contributed by atoms with van der Waals surface area (Å²) in [5.41, 5.74) is 8.27. The molecule has 134 valence electrons. The van der Waals surface area contributed by atoms with Gasteiger partial charge in [-0.1, -0.05) is 25.1 Å². The van der Waals surface area contributed by atoms with Gasteiger partial charge in [-0.05, 0) is 44.0 Å². The first kappa shape index (κ1) is 17.6. The number of likely N-dealkylation sites (tertiary alicyclic amines) is 1. The first-order valence-electron chi connectivity index (χ1n) is 8.78. The Morgan fingerprint density at radius 2 is 2.12 bits per heavy atom. The summed E-state index contributed by atoms with van der Waals surface area (Å²) >= 11 is 0. The lowest BCUT2D eigenvalue weighted by molar-refractivity contribution is 0.0516. The molecule has 1 atom stereocenters. The minimum atomic E-state index is -0.368. The van der Waals surface area contributed by atoms with Gasteiger partial charge in [-0.3, -0.25) is 4.90 Å². The Bertz CT molecular complexity index is 728. The van der Waals surface area contributed by atoms with E-state index in [-0.39, 0.29) is 11.4 Å². The van der Waals surface area contributed by atoms with Crippen molar-refractivity contribution in [3.63, 3.8) is 0 Å². The van der Waals surface area contributed by atoms with Crippen LogP contribution in [0.25, 0.3) is 5.69 Å². The van der Waals surface area contributed by atoms with E-state index in [1.165, 1.54) is 0 Å². The van der Waals surface area contributed by atoms with E-state index in [1.54, 1.807) is 11.6 Å². The Labute approximate surface area is 148 Å². The average molecular weight is 342 g/mol. The summed E-state index contributed by atoms with van der Waals surface area (Å²) < 4.78 is 6.94. The predicted molar refractivity (Wildman–Crippen MR) is 96.6 cm³/mol. The van der Waals surface area contributed by atoms with Gasteiger partial charge in [-0.15, -0.1) is 0 Å². The maximum Gasteiger partial charge on any atom is 0.359 e. The van der Waals surface area contributed by atoms with Crippen molar-refractivity contribution in [3.8, 4) is 5.69 Å². The molecule has 3 rings (SSSR count). The van der Waals surface area contributed by atoms with Crippen molar-refractivity contribution in [2.24, 2.45) is 11.1 Å². The third-order valence-corrected chi connectivity index (χ3v) is 4.80. The van der Waals surface area contributed by atoms with Crippen LogP contribution in [0.5, 0.6) is 0 Å². The molecular formula is C19H26N4O2. The molecule has 1 aromatic heterocycles. The Kier molecular flexibility index (Phi) is 5.20. The molecule has 0 saturated carbocycles. The second kappa shape index (κ2) is 7.37. The highest BCUT2D eigenvalue weighted by Crippen LogP contribution is 2.30. The molecule has 1 unspecified atom stereocenters. The first-order chi connectivity index (χ1) is 12.0. The van der Waals surface area contributed by atoms with E-state index in [9.17, 15) is 4.79 Å². The van der Waals surface area contributed by atoms with Gasteiger partial charge >= 0.3 is 5.97 Å². The second-order valence-electron chi connectivity index (χ2n) is 6.98. The summed E-state index contributed by atoms with van der Waals surface area (Å²) in [7, 11) is 0. The third-order valence-electron chi connectivity index (χ3n) is 4.80. The van der Waals surface area contributed by atoms with Crippen LogP contribution in [0.4, 0.5) is 0 Å². The number of carbonyl (C=O) groups is 1. The van der Waals surface area contributed by atoms with E-state index in [4.69, 9.17) is 10.5 Å². The Hall–Kier alpha value is -2.18. The monoisotopic (exact) mass is 342 g/mol. The molecule has 0 amide bonds. The van der Waals surface area contributed by atoms with E-state index in [0.717, 1.165) is 30.8 Å². The highest BCUT2D eigenvalue weighted by atomic mass is 16.5. The number of nitrogens with zero attached hydrogens (tertiary/aromatic N) is 3. The number of nitrogens with two attached hydrogens (primary N) is 1. The number of para-hydroxylation sites is 1. The number of hydrogen-bond donors (Lipinski definition) is 1. The van der Waals surface area contributed by atoms with E-state index >= 15 is 0 Å². The molecule has 6 heteroatoms. The normalized spacial score (nSPS) is 20.8. The molecule has 2 N–H and O–H groups in total. The SMILES string of the molecule is CCOC(=O)c1nn(-c2ccccc2)cc1CN1CCC(C)(CN)C1. The Morgan fingerprint density at radius 1 is 1.36 bits per heavy atom. The minimum Gasteiger partial charge on any atom is -0.461 e. The molecule has 1 aromatic carbocycles. The van der Waals surface area contributed by atoms with Gasteiger partial charge in [0.25, 0.3) is 0 Å². The third kappa shape index (κ3) is 3.91. The molecule has 2 aromatic rings. The van der Waals surface area contributed by atoms with Crippen molar-refractivity contribution in [2.75, 3.05) is 26.2 Å². The predicted octanol–water partition coefficient (Wildman–Crippen LogP) is 2.22. The molecule has 25 heavy (non-hydrogen) atoms. The van der Waals surface area contributed by atoms with Gasteiger partial charge in [0.1, 0.15) is 0 Å². The summed E-state index contributed by atoms with van der Waals surface area (Å²) in [5, 5.41) is 4.49. The minimum absolute atomic E-state index is 0.152. The molecule has 1 aliphatic heterocycles.